The summed E-state index contributed by atoms with van der Waals surface area (Å²) in [5.41, 5.74) is 6.24. The van der Waals surface area contributed by atoms with Crippen molar-refractivity contribution in [3.63, 3.8) is 0 Å². The fraction of sp³-hybridized carbons (Fsp3) is 0.560. The Morgan fingerprint density at radius 3 is 2.40 bits per heavy atom. The number of urea groups is 1. The summed E-state index contributed by atoms with van der Waals surface area (Å²) in [5.74, 6) is -1.22. The van der Waals surface area contributed by atoms with Crippen LogP contribution >= 0.6 is 11.6 Å². The van der Waals surface area contributed by atoms with Crippen molar-refractivity contribution in [1.82, 2.24) is 20.0 Å². The highest BCUT2D eigenvalue weighted by Crippen LogP contribution is 2.57. The van der Waals surface area contributed by atoms with Crippen molar-refractivity contribution in [1.29, 1.82) is 0 Å². The standard InChI is InChI=1S/C25H31ClFN5O3/c1-23(2,35)24-5-8-25(9-6-24,10-7-24)29-22(34)31-11-12-32-18(14-31)19(21(28)33)20(30-32)15-3-4-17(27)16(26)13-15/h3-4,13,35H,5-12,14H2,1-2H3,(H2,28,33)(H,29,34). The minimum Gasteiger partial charge on any atom is -0.390 e. The molecule has 0 saturated heterocycles. The topological polar surface area (TPSA) is 113 Å². The van der Waals surface area contributed by atoms with E-state index in [0.717, 1.165) is 38.5 Å². The zero-order valence-electron chi connectivity index (χ0n) is 20.0. The van der Waals surface area contributed by atoms with Crippen LogP contribution in [0.25, 0.3) is 11.3 Å². The van der Waals surface area contributed by atoms with E-state index in [1.807, 2.05) is 13.8 Å². The minimum absolute atomic E-state index is 0.0716. The Balaban J connectivity index is 1.35. The van der Waals surface area contributed by atoms with E-state index in [4.69, 9.17) is 17.3 Å². The molecule has 2 bridgehead atoms. The Kier molecular flexibility index (Phi) is 5.64. The van der Waals surface area contributed by atoms with Gasteiger partial charge in [0.25, 0.3) is 5.91 Å². The second-order valence-electron chi connectivity index (χ2n) is 10.9. The van der Waals surface area contributed by atoms with Gasteiger partial charge in [0.2, 0.25) is 0 Å². The molecule has 1 aromatic heterocycles. The van der Waals surface area contributed by atoms with Crippen molar-refractivity contribution in [2.75, 3.05) is 6.54 Å². The molecule has 35 heavy (non-hydrogen) atoms. The molecule has 4 N–H and O–H groups in total. The van der Waals surface area contributed by atoms with Gasteiger partial charge < -0.3 is 21.1 Å². The molecule has 10 heteroatoms. The van der Waals surface area contributed by atoms with Gasteiger partial charge in [0.1, 0.15) is 11.5 Å². The number of benzene rings is 1. The molecule has 0 unspecified atom stereocenters. The Morgan fingerprint density at radius 2 is 1.83 bits per heavy atom. The number of nitrogens with two attached hydrogens (primary N) is 1. The largest absolute Gasteiger partial charge is 0.390 e. The first-order valence-electron chi connectivity index (χ1n) is 12.1. The van der Waals surface area contributed by atoms with E-state index in [1.165, 1.54) is 18.2 Å². The summed E-state index contributed by atoms with van der Waals surface area (Å²) < 4.78 is 15.4. The van der Waals surface area contributed by atoms with E-state index in [-0.39, 0.29) is 34.1 Å². The minimum atomic E-state index is -0.730. The molecule has 188 valence electrons. The number of aromatic nitrogens is 2. The van der Waals surface area contributed by atoms with Gasteiger partial charge in [-0.15, -0.1) is 0 Å². The van der Waals surface area contributed by atoms with Crippen molar-refractivity contribution >= 4 is 23.5 Å². The number of rotatable bonds is 4. The molecule has 3 fully saturated rings. The highest BCUT2D eigenvalue weighted by atomic mass is 35.5. The van der Waals surface area contributed by atoms with E-state index in [1.54, 1.807) is 9.58 Å². The number of fused-ring (bicyclic) bond motifs is 4. The maximum atomic E-state index is 13.7. The molecule has 0 atom stereocenters. The van der Waals surface area contributed by atoms with Crippen molar-refractivity contribution in [2.24, 2.45) is 11.1 Å². The van der Waals surface area contributed by atoms with Crippen LogP contribution in [0.5, 0.6) is 0 Å². The highest BCUT2D eigenvalue weighted by molar-refractivity contribution is 6.31. The summed E-state index contributed by atoms with van der Waals surface area (Å²) in [6, 6.07) is 3.98. The number of halogens is 2. The van der Waals surface area contributed by atoms with Gasteiger partial charge in [-0.05, 0) is 76.0 Å². The quantitative estimate of drug-likeness (QED) is 0.588. The zero-order valence-corrected chi connectivity index (χ0v) is 20.8. The molecule has 2 aromatic rings. The number of carbonyl (C=O) groups is 2. The number of hydrogen-bond acceptors (Lipinski definition) is 4. The van der Waals surface area contributed by atoms with E-state index >= 15 is 0 Å². The van der Waals surface area contributed by atoms with Gasteiger partial charge in [0.15, 0.2) is 0 Å². The lowest BCUT2D eigenvalue weighted by molar-refractivity contribution is -0.122. The van der Waals surface area contributed by atoms with Crippen LogP contribution in [0.1, 0.15) is 68.4 Å². The first-order chi connectivity index (χ1) is 16.4. The summed E-state index contributed by atoms with van der Waals surface area (Å²) in [4.78, 5) is 27.4. The van der Waals surface area contributed by atoms with Crippen LogP contribution in [0.4, 0.5) is 9.18 Å². The summed E-state index contributed by atoms with van der Waals surface area (Å²) in [5, 5.41) is 18.5. The van der Waals surface area contributed by atoms with Crippen LogP contribution in [0.2, 0.25) is 5.02 Å². The lowest BCUT2D eigenvalue weighted by Gasteiger charge is -2.58. The van der Waals surface area contributed by atoms with Crippen molar-refractivity contribution in [3.8, 4) is 11.3 Å². The van der Waals surface area contributed by atoms with Crippen LogP contribution in [0.15, 0.2) is 18.2 Å². The zero-order chi connectivity index (χ0) is 25.2. The molecule has 3 aliphatic carbocycles. The van der Waals surface area contributed by atoms with Crippen molar-refractivity contribution < 1.29 is 19.1 Å². The molecule has 0 radical (unpaired) electrons. The molecule has 2 heterocycles. The lowest BCUT2D eigenvalue weighted by Crippen LogP contribution is -2.62. The van der Waals surface area contributed by atoms with Gasteiger partial charge in [0.05, 0.1) is 35.0 Å². The number of carbonyl (C=O) groups excluding carboxylic acids is 2. The number of nitrogens with zero attached hydrogens (tertiary/aromatic N) is 3. The average Bonchev–Trinajstić information content (AvgIpc) is 3.20. The molecule has 3 saturated carbocycles. The molecule has 4 aliphatic rings. The molecule has 1 aromatic carbocycles. The number of primary amides is 1. The second-order valence-corrected chi connectivity index (χ2v) is 11.3. The predicted octanol–water partition coefficient (Wildman–Crippen LogP) is 3.83. The summed E-state index contributed by atoms with van der Waals surface area (Å²) in [6.45, 7) is 4.82. The third-order valence-electron chi connectivity index (χ3n) is 8.62. The Hall–Kier alpha value is -2.65. The van der Waals surface area contributed by atoms with Gasteiger partial charge in [-0.3, -0.25) is 9.48 Å². The SMILES string of the molecule is CC(C)(O)C12CCC(NC(=O)N3CCn4nc(-c5ccc(F)c(Cl)c5)c(C(N)=O)c4C3)(CC1)CC2. The first kappa shape index (κ1) is 24.1. The Bertz CT molecular complexity index is 1180. The molecular formula is C25H31ClFN5O3. The molecular weight excluding hydrogens is 473 g/mol. The van der Waals surface area contributed by atoms with Gasteiger partial charge in [-0.2, -0.15) is 5.10 Å². The molecule has 3 amide bonds. The maximum Gasteiger partial charge on any atom is 0.318 e. The van der Waals surface area contributed by atoms with Crippen molar-refractivity contribution in [3.05, 3.63) is 40.3 Å². The van der Waals surface area contributed by atoms with Crippen LogP contribution in [0.3, 0.4) is 0 Å². The van der Waals surface area contributed by atoms with Gasteiger partial charge >= 0.3 is 6.03 Å². The smallest absolute Gasteiger partial charge is 0.318 e. The summed E-state index contributed by atoms with van der Waals surface area (Å²) >= 11 is 5.94. The summed E-state index contributed by atoms with van der Waals surface area (Å²) in [6.07, 6.45) is 5.19. The fourth-order valence-corrected chi connectivity index (χ4v) is 6.37. The third kappa shape index (κ3) is 3.98. The lowest BCUT2D eigenvalue weighted by atomic mass is 9.52. The van der Waals surface area contributed by atoms with Gasteiger partial charge in [-0.25, -0.2) is 9.18 Å². The number of aliphatic hydroxyl groups is 1. The maximum absolute atomic E-state index is 13.7. The molecule has 1 aliphatic heterocycles. The fourth-order valence-electron chi connectivity index (χ4n) is 6.19. The van der Waals surface area contributed by atoms with E-state index in [2.05, 4.69) is 10.4 Å². The van der Waals surface area contributed by atoms with Crippen LogP contribution < -0.4 is 11.1 Å². The highest BCUT2D eigenvalue weighted by Gasteiger charge is 2.55. The number of amides is 3. The monoisotopic (exact) mass is 503 g/mol. The van der Waals surface area contributed by atoms with E-state index < -0.39 is 17.3 Å². The van der Waals surface area contributed by atoms with Gasteiger partial charge in [0, 0.05) is 17.6 Å². The first-order valence-corrected chi connectivity index (χ1v) is 12.5. The van der Waals surface area contributed by atoms with Crippen LogP contribution in [0, 0.1) is 11.2 Å². The average molecular weight is 504 g/mol. The van der Waals surface area contributed by atoms with Crippen LogP contribution in [-0.4, -0.2) is 49.4 Å². The second kappa shape index (κ2) is 8.20. The molecule has 0 spiro atoms. The number of nitrogens with one attached hydrogen (secondary N) is 1. The predicted molar refractivity (Wildman–Crippen MR) is 129 cm³/mol. The molecule has 6 rings (SSSR count). The van der Waals surface area contributed by atoms with Crippen molar-refractivity contribution in [2.45, 2.75) is 76.6 Å². The van der Waals surface area contributed by atoms with E-state index in [9.17, 15) is 19.1 Å². The van der Waals surface area contributed by atoms with Crippen LogP contribution in [-0.2, 0) is 13.1 Å². The third-order valence-corrected chi connectivity index (χ3v) is 8.91. The normalized spacial score (nSPS) is 25.9. The van der Waals surface area contributed by atoms with E-state index in [0.29, 0.717) is 30.0 Å². The van der Waals surface area contributed by atoms with Gasteiger partial charge in [-0.1, -0.05) is 11.6 Å². The number of hydrogen-bond donors (Lipinski definition) is 3. The Morgan fingerprint density at radius 1 is 1.17 bits per heavy atom. The summed E-state index contributed by atoms with van der Waals surface area (Å²) in [7, 11) is 0. The molecule has 8 nitrogen and oxygen atoms in total. The Labute approximate surface area is 208 Å².